The van der Waals surface area contributed by atoms with Crippen molar-refractivity contribution in [2.45, 2.75) is 92.7 Å². The first kappa shape index (κ1) is 42.5. The zero-order valence-corrected chi connectivity index (χ0v) is 34.8. The van der Waals surface area contributed by atoms with Crippen LogP contribution >= 0.6 is 11.6 Å². The van der Waals surface area contributed by atoms with E-state index in [-0.39, 0.29) is 52.1 Å². The second-order valence-electron chi connectivity index (χ2n) is 15.9. The Morgan fingerprint density at radius 1 is 0.949 bits per heavy atom. The number of benzene rings is 2. The number of hydrogen-bond acceptors (Lipinski definition) is 8. The second kappa shape index (κ2) is 15.4. The summed E-state index contributed by atoms with van der Waals surface area (Å²) < 4.78 is 123. The highest BCUT2D eigenvalue weighted by molar-refractivity contribution is 7.93. The first-order valence-corrected chi connectivity index (χ1v) is 22.7. The molecule has 312 valence electrons. The van der Waals surface area contributed by atoms with E-state index in [1.807, 2.05) is 0 Å². The van der Waals surface area contributed by atoms with Crippen molar-refractivity contribution in [3.8, 4) is 23.0 Å². The molecule has 5 aromatic rings. The molecule has 3 heterocycles. The zero-order chi connectivity index (χ0) is 42.8. The van der Waals surface area contributed by atoms with E-state index in [4.69, 9.17) is 16.6 Å². The molecule has 0 bridgehead atoms. The van der Waals surface area contributed by atoms with Crippen molar-refractivity contribution in [3.05, 3.63) is 99.2 Å². The molecule has 7 rings (SSSR count). The number of nitrogens with zero attached hydrogens (tertiary/aromatic N) is 5. The van der Waals surface area contributed by atoms with Crippen LogP contribution in [0.25, 0.3) is 22.0 Å². The molecule has 2 fully saturated rings. The van der Waals surface area contributed by atoms with Crippen molar-refractivity contribution in [3.63, 3.8) is 0 Å². The maximum atomic E-state index is 14.7. The molecule has 59 heavy (non-hydrogen) atoms. The van der Waals surface area contributed by atoms with Crippen LogP contribution in [0.4, 0.5) is 22.0 Å². The van der Waals surface area contributed by atoms with E-state index in [0.29, 0.717) is 53.8 Å². The summed E-state index contributed by atoms with van der Waals surface area (Å²) in [5.74, 6) is 1.81. The molecular formula is C41H39ClF5N5O5S2. The van der Waals surface area contributed by atoms with E-state index in [2.05, 4.69) is 22.0 Å². The summed E-state index contributed by atoms with van der Waals surface area (Å²) in [6.45, 7) is 2.47. The third-order valence-corrected chi connectivity index (χ3v) is 14.5. The number of aryl methyl sites for hydroxylation is 1. The molecule has 2 aromatic carbocycles. The lowest BCUT2D eigenvalue weighted by molar-refractivity contribution is -0.141. The predicted molar refractivity (Wildman–Crippen MR) is 212 cm³/mol. The van der Waals surface area contributed by atoms with E-state index in [1.54, 1.807) is 31.3 Å². The van der Waals surface area contributed by atoms with Crippen LogP contribution in [0.5, 0.6) is 0 Å². The number of halogens is 6. The smallest absolute Gasteiger partial charge is 0.298 e. The molecule has 2 aliphatic rings. The standard InChI is InChI=1S/C41H39ClF5N5O5S2/c1-40(2,59(56,57)30-8-9-30)14-13-28-7-10-31(32-11-12-33(42)37-34(22-58(4,54)55)49-51(3)39(32)37)38(48-28)25(15-23-16-26(43)19-27(44)17-23)18-29(53)21-52-35(24-5-6-24)20-36(50-52)41(45,46)47/h7,10-12,16-17,19-20,24-25,30H,5-6,8-9,15,18,21-22H2,1-4H3/t25-/m1/s1. The van der Waals surface area contributed by atoms with Crippen LogP contribution in [0.3, 0.4) is 0 Å². The van der Waals surface area contributed by atoms with Crippen LogP contribution in [-0.2, 0) is 56.4 Å². The van der Waals surface area contributed by atoms with Crippen molar-refractivity contribution < 1.29 is 43.6 Å². The van der Waals surface area contributed by atoms with Crippen LogP contribution in [0.15, 0.2) is 48.5 Å². The maximum Gasteiger partial charge on any atom is 0.435 e. The van der Waals surface area contributed by atoms with E-state index in [1.165, 1.54) is 18.5 Å². The third kappa shape index (κ3) is 9.24. The quantitative estimate of drug-likeness (QED) is 0.0862. The van der Waals surface area contributed by atoms with Crippen LogP contribution in [0.2, 0.25) is 5.02 Å². The first-order chi connectivity index (χ1) is 27.5. The monoisotopic (exact) mass is 875 g/mol. The lowest BCUT2D eigenvalue weighted by Gasteiger charge is -2.21. The van der Waals surface area contributed by atoms with Gasteiger partial charge in [-0.2, -0.15) is 23.4 Å². The molecule has 1 atom stereocenters. The minimum absolute atomic E-state index is 0.108. The lowest BCUT2D eigenvalue weighted by Crippen LogP contribution is -2.33. The van der Waals surface area contributed by atoms with Gasteiger partial charge in [-0.15, -0.1) is 0 Å². The van der Waals surface area contributed by atoms with Gasteiger partial charge in [0.05, 0.1) is 39.5 Å². The lowest BCUT2D eigenvalue weighted by atomic mass is 9.86. The topological polar surface area (TPSA) is 134 Å². The fraction of sp³-hybridized carbons (Fsp3) is 0.415. The highest BCUT2D eigenvalue weighted by Gasteiger charge is 2.45. The molecule has 10 nitrogen and oxygen atoms in total. The Kier molecular flexibility index (Phi) is 11.1. The SMILES string of the molecule is Cn1nc(CS(C)(=O)=O)c2c(Cl)ccc(-c3ccc(C#CC(C)(C)S(=O)(=O)C4CC4)nc3[C@@H](CC(=O)Cn3nc(C(F)(F)F)cc3C3CC3)Cc3cc(F)cc(F)c3)c21. The van der Waals surface area contributed by atoms with Gasteiger partial charge in [0.2, 0.25) is 0 Å². The molecule has 3 aromatic heterocycles. The predicted octanol–water partition coefficient (Wildman–Crippen LogP) is 7.90. The number of Topliss-reactive ketones (excluding diaryl/α,β-unsaturated/α-hetero) is 1. The normalized spacial score (nSPS) is 15.6. The number of aromatic nitrogens is 5. The number of fused-ring (bicyclic) bond motifs is 1. The van der Waals surface area contributed by atoms with Crippen LogP contribution in [0, 0.1) is 23.5 Å². The number of sulfone groups is 2. The molecule has 2 aliphatic carbocycles. The molecule has 0 N–H and O–H groups in total. The van der Waals surface area contributed by atoms with Gasteiger partial charge in [0, 0.05) is 59.8 Å². The highest BCUT2D eigenvalue weighted by atomic mass is 35.5. The first-order valence-electron chi connectivity index (χ1n) is 18.7. The van der Waals surface area contributed by atoms with Gasteiger partial charge in [0.1, 0.15) is 22.1 Å². The molecule has 0 saturated heterocycles. The number of carbonyl (C=O) groups excluding carboxylic acids is 1. The molecule has 0 amide bonds. The Morgan fingerprint density at radius 3 is 2.22 bits per heavy atom. The Hall–Kier alpha value is -4.66. The largest absolute Gasteiger partial charge is 0.435 e. The molecule has 0 radical (unpaired) electrons. The zero-order valence-electron chi connectivity index (χ0n) is 32.4. The Labute approximate surface area is 343 Å². The van der Waals surface area contributed by atoms with E-state index in [0.717, 1.165) is 29.1 Å². The molecular weight excluding hydrogens is 837 g/mol. The number of hydrogen-bond donors (Lipinski definition) is 0. The molecule has 0 unspecified atom stereocenters. The minimum Gasteiger partial charge on any atom is -0.298 e. The Balaban J connectivity index is 1.40. The molecule has 0 spiro atoms. The summed E-state index contributed by atoms with van der Waals surface area (Å²) in [6, 6.07) is 10.2. The highest BCUT2D eigenvalue weighted by Crippen LogP contribution is 2.43. The van der Waals surface area contributed by atoms with Crippen LogP contribution < -0.4 is 0 Å². The summed E-state index contributed by atoms with van der Waals surface area (Å²) in [5.41, 5.74) is 0.998. The summed E-state index contributed by atoms with van der Waals surface area (Å²) in [4.78, 5) is 19.0. The summed E-state index contributed by atoms with van der Waals surface area (Å²) in [6.07, 6.45) is -1.90. The van der Waals surface area contributed by atoms with Crippen LogP contribution in [-0.4, -0.2) is 63.4 Å². The van der Waals surface area contributed by atoms with Gasteiger partial charge in [-0.1, -0.05) is 23.6 Å². The molecule has 2 saturated carbocycles. The molecule has 0 aliphatic heterocycles. The van der Waals surface area contributed by atoms with E-state index >= 15 is 0 Å². The van der Waals surface area contributed by atoms with E-state index in [9.17, 15) is 43.6 Å². The number of pyridine rings is 1. The molecule has 18 heteroatoms. The third-order valence-electron chi connectivity index (χ3n) is 10.5. The van der Waals surface area contributed by atoms with Gasteiger partial charge in [-0.05, 0) is 93.8 Å². The number of carbonyl (C=O) groups is 1. The fourth-order valence-corrected chi connectivity index (χ4v) is 10.1. The van der Waals surface area contributed by atoms with Crippen LogP contribution in [0.1, 0.15) is 91.8 Å². The van der Waals surface area contributed by atoms with Gasteiger partial charge >= 0.3 is 6.18 Å². The second-order valence-corrected chi connectivity index (χ2v) is 21.2. The number of alkyl halides is 3. The van der Waals surface area contributed by atoms with Gasteiger partial charge < -0.3 is 0 Å². The fourth-order valence-electron chi connectivity index (χ4n) is 7.38. The summed E-state index contributed by atoms with van der Waals surface area (Å²) in [5, 5.41) is 8.25. The summed E-state index contributed by atoms with van der Waals surface area (Å²) >= 11 is 6.67. The average molecular weight is 876 g/mol. The van der Waals surface area contributed by atoms with Gasteiger partial charge in [0.25, 0.3) is 0 Å². The van der Waals surface area contributed by atoms with Crippen molar-refractivity contribution in [2.75, 3.05) is 6.26 Å². The Morgan fingerprint density at radius 2 is 1.61 bits per heavy atom. The van der Waals surface area contributed by atoms with E-state index < -0.39 is 77.2 Å². The van der Waals surface area contributed by atoms with Crippen molar-refractivity contribution >= 4 is 48.0 Å². The number of rotatable bonds is 13. The van der Waals surface area contributed by atoms with Gasteiger partial charge in [0.15, 0.2) is 31.2 Å². The van der Waals surface area contributed by atoms with Gasteiger partial charge in [-0.25, -0.2) is 30.6 Å². The minimum atomic E-state index is -4.74. The van der Waals surface area contributed by atoms with Gasteiger partial charge in [-0.3, -0.25) is 14.2 Å². The Bertz CT molecular complexity index is 2780. The van der Waals surface area contributed by atoms with Crippen molar-refractivity contribution in [1.82, 2.24) is 24.5 Å². The maximum absolute atomic E-state index is 14.7. The van der Waals surface area contributed by atoms with Crippen molar-refractivity contribution in [1.29, 1.82) is 0 Å². The summed E-state index contributed by atoms with van der Waals surface area (Å²) in [7, 11) is -5.60. The average Bonchev–Trinajstić information content (AvgIpc) is 4.06. The van der Waals surface area contributed by atoms with Crippen molar-refractivity contribution in [2.24, 2.45) is 7.05 Å². The number of ketones is 1.